The SMILES string of the molecule is O=C(Oc1ccc(O)c(I)c1)C1C2CC3C(OC(=O)C31)C2O. The lowest BCUT2D eigenvalue weighted by Crippen LogP contribution is -2.42. The Morgan fingerprint density at radius 3 is 2.86 bits per heavy atom. The fourth-order valence-corrected chi connectivity index (χ4v) is 4.56. The Balaban J connectivity index is 1.58. The lowest BCUT2D eigenvalue weighted by molar-refractivity contribution is -0.149. The molecule has 2 aliphatic carbocycles. The molecule has 0 aromatic heterocycles. The summed E-state index contributed by atoms with van der Waals surface area (Å²) in [6.07, 6.45) is -0.624. The van der Waals surface area contributed by atoms with Crippen molar-refractivity contribution in [3.05, 3.63) is 21.8 Å². The van der Waals surface area contributed by atoms with Gasteiger partial charge in [-0.15, -0.1) is 0 Å². The number of rotatable bonds is 2. The smallest absolute Gasteiger partial charge is 0.315 e. The topological polar surface area (TPSA) is 93.1 Å². The molecule has 1 heterocycles. The van der Waals surface area contributed by atoms with Crippen LogP contribution in [-0.4, -0.2) is 34.4 Å². The van der Waals surface area contributed by atoms with Gasteiger partial charge in [0.1, 0.15) is 17.6 Å². The number of phenols is 1. The first kappa shape index (κ1) is 14.3. The predicted molar refractivity (Wildman–Crippen MR) is 80.9 cm³/mol. The summed E-state index contributed by atoms with van der Waals surface area (Å²) in [6, 6.07) is 4.49. The van der Waals surface area contributed by atoms with Crippen LogP contribution in [0.15, 0.2) is 18.2 Å². The van der Waals surface area contributed by atoms with E-state index in [1.807, 2.05) is 22.6 Å². The van der Waals surface area contributed by atoms with Gasteiger partial charge in [-0.3, -0.25) is 9.59 Å². The number of carbonyl (C=O) groups excluding carboxylic acids is 2. The molecule has 1 aromatic carbocycles. The number of ether oxygens (including phenoxy) is 2. The molecule has 3 fully saturated rings. The van der Waals surface area contributed by atoms with E-state index in [1.54, 1.807) is 6.07 Å². The second kappa shape index (κ2) is 4.82. The van der Waals surface area contributed by atoms with Gasteiger partial charge in [-0.25, -0.2) is 0 Å². The van der Waals surface area contributed by atoms with Crippen molar-refractivity contribution in [1.29, 1.82) is 0 Å². The number of hydrogen-bond acceptors (Lipinski definition) is 6. The van der Waals surface area contributed by atoms with Crippen molar-refractivity contribution in [2.75, 3.05) is 0 Å². The van der Waals surface area contributed by atoms with Crippen molar-refractivity contribution >= 4 is 34.5 Å². The molecule has 116 valence electrons. The number of carbonyl (C=O) groups is 2. The molecular weight excluding hydrogens is 403 g/mol. The summed E-state index contributed by atoms with van der Waals surface area (Å²) < 4.78 is 11.1. The zero-order valence-corrected chi connectivity index (χ0v) is 13.5. The summed E-state index contributed by atoms with van der Waals surface area (Å²) in [4.78, 5) is 24.4. The van der Waals surface area contributed by atoms with Crippen LogP contribution in [-0.2, 0) is 14.3 Å². The number of fused-ring (bicyclic) bond motifs is 1. The maximum atomic E-state index is 12.5. The zero-order chi connectivity index (χ0) is 15.6. The third-order valence-electron chi connectivity index (χ3n) is 4.99. The third kappa shape index (κ3) is 1.88. The number of aliphatic hydroxyl groups is 1. The molecule has 6 nitrogen and oxygen atoms in total. The van der Waals surface area contributed by atoms with Crippen molar-refractivity contribution in [1.82, 2.24) is 0 Å². The molecule has 2 N–H and O–H groups in total. The Labute approximate surface area is 139 Å². The molecule has 22 heavy (non-hydrogen) atoms. The molecular formula is C15H13IO6. The van der Waals surface area contributed by atoms with Gasteiger partial charge in [-0.05, 0) is 47.2 Å². The van der Waals surface area contributed by atoms with Gasteiger partial charge in [-0.1, -0.05) is 0 Å². The molecule has 2 bridgehead atoms. The van der Waals surface area contributed by atoms with E-state index in [0.29, 0.717) is 15.7 Å². The number of aromatic hydroxyl groups is 1. The van der Waals surface area contributed by atoms with Gasteiger partial charge >= 0.3 is 11.9 Å². The van der Waals surface area contributed by atoms with Gasteiger partial charge in [0.25, 0.3) is 0 Å². The van der Waals surface area contributed by atoms with Gasteiger partial charge in [0.15, 0.2) is 0 Å². The molecule has 4 rings (SSSR count). The lowest BCUT2D eigenvalue weighted by Gasteiger charge is -2.26. The standard InChI is InChI=1S/C15H13IO6/c16-8-3-5(1-2-9(8)17)21-14(19)10-6-4-7-11(10)15(20)22-13(7)12(6)18/h1-3,6-7,10-13,17-18H,4H2. The summed E-state index contributed by atoms with van der Waals surface area (Å²) in [5, 5.41) is 19.7. The predicted octanol–water partition coefficient (Wildman–Crippen LogP) is 1.07. The number of phenolic OH excluding ortho intramolecular Hbond substituents is 1. The highest BCUT2D eigenvalue weighted by Crippen LogP contribution is 2.58. The monoisotopic (exact) mass is 416 g/mol. The lowest BCUT2D eigenvalue weighted by atomic mass is 9.78. The fraction of sp³-hybridized carbons (Fsp3) is 0.467. The van der Waals surface area contributed by atoms with Crippen LogP contribution in [0.3, 0.4) is 0 Å². The van der Waals surface area contributed by atoms with E-state index in [2.05, 4.69) is 0 Å². The van der Waals surface area contributed by atoms with Crippen LogP contribution < -0.4 is 4.74 Å². The molecule has 0 amide bonds. The van der Waals surface area contributed by atoms with Crippen LogP contribution in [0.5, 0.6) is 11.5 Å². The Morgan fingerprint density at radius 1 is 1.36 bits per heavy atom. The first-order valence-corrected chi connectivity index (χ1v) is 8.14. The third-order valence-corrected chi connectivity index (χ3v) is 5.85. The maximum absolute atomic E-state index is 12.5. The molecule has 6 unspecified atom stereocenters. The quantitative estimate of drug-likeness (QED) is 0.426. The molecule has 1 aliphatic heterocycles. The van der Waals surface area contributed by atoms with E-state index < -0.39 is 36.0 Å². The van der Waals surface area contributed by atoms with Gasteiger partial charge < -0.3 is 19.7 Å². The summed E-state index contributed by atoms with van der Waals surface area (Å²) in [5.74, 6) is -2.02. The Hall–Kier alpha value is -1.35. The number of halogens is 1. The normalized spacial score (nSPS) is 38.2. The molecule has 0 spiro atoms. The van der Waals surface area contributed by atoms with Crippen LogP contribution in [0.4, 0.5) is 0 Å². The summed E-state index contributed by atoms with van der Waals surface area (Å²) in [5.41, 5.74) is 0. The van der Waals surface area contributed by atoms with Crippen molar-refractivity contribution in [3.63, 3.8) is 0 Å². The van der Waals surface area contributed by atoms with Crippen LogP contribution in [0.1, 0.15) is 6.42 Å². The van der Waals surface area contributed by atoms with Gasteiger partial charge in [0, 0.05) is 11.8 Å². The van der Waals surface area contributed by atoms with Gasteiger partial charge in [0.2, 0.25) is 0 Å². The number of hydrogen-bond donors (Lipinski definition) is 2. The van der Waals surface area contributed by atoms with E-state index in [0.717, 1.165) is 0 Å². The highest BCUT2D eigenvalue weighted by atomic mass is 127. The van der Waals surface area contributed by atoms with Crippen LogP contribution in [0.25, 0.3) is 0 Å². The number of benzene rings is 1. The van der Waals surface area contributed by atoms with E-state index >= 15 is 0 Å². The second-order valence-electron chi connectivity index (χ2n) is 6.04. The molecule has 6 atom stereocenters. The number of aliphatic hydroxyl groups excluding tert-OH is 1. The van der Waals surface area contributed by atoms with E-state index in [9.17, 15) is 19.8 Å². The number of esters is 2. The minimum atomic E-state index is -0.787. The van der Waals surface area contributed by atoms with Crippen molar-refractivity contribution in [3.8, 4) is 11.5 Å². The van der Waals surface area contributed by atoms with Crippen molar-refractivity contribution in [2.24, 2.45) is 23.7 Å². The van der Waals surface area contributed by atoms with Gasteiger partial charge in [0.05, 0.1) is 21.5 Å². The van der Waals surface area contributed by atoms with Crippen molar-refractivity contribution in [2.45, 2.75) is 18.6 Å². The highest BCUT2D eigenvalue weighted by molar-refractivity contribution is 14.1. The molecule has 1 saturated heterocycles. The van der Waals surface area contributed by atoms with Gasteiger partial charge in [-0.2, -0.15) is 0 Å². The molecule has 3 aliphatic rings. The first-order chi connectivity index (χ1) is 10.5. The maximum Gasteiger partial charge on any atom is 0.315 e. The summed E-state index contributed by atoms with van der Waals surface area (Å²) in [6.45, 7) is 0. The van der Waals surface area contributed by atoms with Crippen LogP contribution >= 0.6 is 22.6 Å². The Morgan fingerprint density at radius 2 is 2.14 bits per heavy atom. The summed E-state index contributed by atoms with van der Waals surface area (Å²) >= 11 is 1.93. The summed E-state index contributed by atoms with van der Waals surface area (Å²) in [7, 11) is 0. The fourth-order valence-electron chi connectivity index (χ4n) is 4.08. The first-order valence-electron chi connectivity index (χ1n) is 7.06. The molecule has 2 saturated carbocycles. The van der Waals surface area contributed by atoms with E-state index in [1.165, 1.54) is 12.1 Å². The van der Waals surface area contributed by atoms with Crippen LogP contribution in [0, 0.1) is 27.2 Å². The average molecular weight is 416 g/mol. The molecule has 1 aromatic rings. The second-order valence-corrected chi connectivity index (χ2v) is 7.20. The zero-order valence-electron chi connectivity index (χ0n) is 11.3. The minimum Gasteiger partial charge on any atom is -0.507 e. The van der Waals surface area contributed by atoms with E-state index in [-0.39, 0.29) is 17.6 Å². The Kier molecular flexibility index (Phi) is 3.12. The van der Waals surface area contributed by atoms with E-state index in [4.69, 9.17) is 9.47 Å². The largest absolute Gasteiger partial charge is 0.507 e. The van der Waals surface area contributed by atoms with Crippen molar-refractivity contribution < 1.29 is 29.3 Å². The van der Waals surface area contributed by atoms with Crippen LogP contribution in [0.2, 0.25) is 0 Å². The molecule has 0 radical (unpaired) electrons. The molecule has 7 heteroatoms. The minimum absolute atomic E-state index is 0.0787. The highest BCUT2D eigenvalue weighted by Gasteiger charge is 2.68. The Bertz CT molecular complexity index is 674. The average Bonchev–Trinajstić information content (AvgIpc) is 3.07.